The minimum absolute atomic E-state index is 0.00340. The number of halogens is 2. The van der Waals surface area contributed by atoms with Crippen LogP contribution in [-0.4, -0.2) is 24.0 Å². The van der Waals surface area contributed by atoms with Crippen molar-refractivity contribution in [1.82, 2.24) is 10.7 Å². The van der Waals surface area contributed by atoms with E-state index in [4.69, 9.17) is 40.2 Å². The van der Waals surface area contributed by atoms with Crippen LogP contribution in [0, 0.1) is 0 Å². The van der Waals surface area contributed by atoms with Gasteiger partial charge in [-0.25, -0.2) is 0 Å². The lowest BCUT2D eigenvalue weighted by Gasteiger charge is -2.13. The van der Waals surface area contributed by atoms with E-state index in [0.29, 0.717) is 20.9 Å². The van der Waals surface area contributed by atoms with E-state index in [9.17, 15) is 0 Å². The SMILES string of the molecule is CCNC(=S)N/N=C/c1cc(Cl)c(OC(C)C)c(Cl)c1. The zero-order valence-electron chi connectivity index (χ0n) is 11.5. The molecule has 0 aliphatic rings. The van der Waals surface area contributed by atoms with Gasteiger partial charge in [-0.15, -0.1) is 0 Å². The summed E-state index contributed by atoms with van der Waals surface area (Å²) >= 11 is 17.3. The van der Waals surface area contributed by atoms with Crippen LogP contribution in [0.4, 0.5) is 0 Å². The summed E-state index contributed by atoms with van der Waals surface area (Å²) in [6, 6.07) is 3.46. The fourth-order valence-electron chi connectivity index (χ4n) is 1.37. The minimum atomic E-state index is 0.00340. The average molecular weight is 334 g/mol. The number of rotatable bonds is 5. The third-order valence-electron chi connectivity index (χ3n) is 2.09. The topological polar surface area (TPSA) is 45.7 Å². The summed E-state index contributed by atoms with van der Waals surface area (Å²) in [6.07, 6.45) is 1.59. The molecule has 0 fully saturated rings. The van der Waals surface area contributed by atoms with Crippen LogP contribution in [0.5, 0.6) is 5.75 Å². The highest BCUT2D eigenvalue weighted by atomic mass is 35.5. The predicted octanol–water partition coefficient (Wildman–Crippen LogP) is 3.60. The lowest BCUT2D eigenvalue weighted by molar-refractivity contribution is 0.243. The molecular formula is C13H17Cl2N3OS. The van der Waals surface area contributed by atoms with Gasteiger partial charge in [0.05, 0.1) is 22.4 Å². The van der Waals surface area contributed by atoms with Crippen molar-refractivity contribution < 1.29 is 4.74 Å². The molecule has 0 unspecified atom stereocenters. The van der Waals surface area contributed by atoms with Crippen molar-refractivity contribution in [1.29, 1.82) is 0 Å². The van der Waals surface area contributed by atoms with Crippen LogP contribution in [0.3, 0.4) is 0 Å². The lowest BCUT2D eigenvalue weighted by Crippen LogP contribution is -2.31. The Morgan fingerprint density at radius 3 is 2.50 bits per heavy atom. The summed E-state index contributed by atoms with van der Waals surface area (Å²) in [6.45, 7) is 6.51. The van der Waals surface area contributed by atoms with Gasteiger partial charge >= 0.3 is 0 Å². The first-order chi connectivity index (χ1) is 9.43. The van der Waals surface area contributed by atoms with Crippen LogP contribution >= 0.6 is 35.4 Å². The van der Waals surface area contributed by atoms with Crippen molar-refractivity contribution in [3.05, 3.63) is 27.7 Å². The smallest absolute Gasteiger partial charge is 0.186 e. The van der Waals surface area contributed by atoms with Crippen LogP contribution in [0.1, 0.15) is 26.3 Å². The summed E-state index contributed by atoms with van der Waals surface area (Å²) < 4.78 is 5.55. The molecular weight excluding hydrogens is 317 g/mol. The molecule has 0 radical (unpaired) electrons. The summed E-state index contributed by atoms with van der Waals surface area (Å²) in [4.78, 5) is 0. The Morgan fingerprint density at radius 1 is 1.40 bits per heavy atom. The Hall–Kier alpha value is -1.04. The lowest BCUT2D eigenvalue weighted by atomic mass is 10.2. The molecule has 0 heterocycles. The van der Waals surface area contributed by atoms with Crippen molar-refractivity contribution in [2.75, 3.05) is 6.54 Å². The Bertz CT molecular complexity index is 483. The van der Waals surface area contributed by atoms with E-state index in [2.05, 4.69) is 15.8 Å². The fraction of sp³-hybridized carbons (Fsp3) is 0.385. The summed E-state index contributed by atoms with van der Waals surface area (Å²) in [5, 5.41) is 8.27. The van der Waals surface area contributed by atoms with Gasteiger partial charge in [-0.1, -0.05) is 23.2 Å². The standard InChI is InChI=1S/C13H17Cl2N3OS/c1-4-16-13(20)18-17-7-9-5-10(14)12(11(15)6-9)19-8(2)3/h5-8H,4H2,1-3H3,(H2,16,18,20)/b17-7+. The normalized spacial score (nSPS) is 10.9. The van der Waals surface area contributed by atoms with Crippen LogP contribution in [0.2, 0.25) is 10.0 Å². The van der Waals surface area contributed by atoms with E-state index in [1.807, 2.05) is 20.8 Å². The Kier molecular flexibility index (Phi) is 7.05. The first-order valence-corrected chi connectivity index (χ1v) is 7.33. The maximum atomic E-state index is 6.14. The molecule has 0 atom stereocenters. The largest absolute Gasteiger partial charge is 0.488 e. The van der Waals surface area contributed by atoms with Crippen LogP contribution in [0.15, 0.2) is 17.2 Å². The van der Waals surface area contributed by atoms with Crippen LogP contribution < -0.4 is 15.5 Å². The van der Waals surface area contributed by atoms with Crippen molar-refractivity contribution in [3.8, 4) is 5.75 Å². The van der Waals surface area contributed by atoms with E-state index >= 15 is 0 Å². The van der Waals surface area contributed by atoms with Crippen molar-refractivity contribution in [2.24, 2.45) is 5.10 Å². The van der Waals surface area contributed by atoms with Gasteiger partial charge in [0, 0.05) is 6.54 Å². The molecule has 0 bridgehead atoms. The molecule has 0 aromatic heterocycles. The zero-order valence-corrected chi connectivity index (χ0v) is 13.9. The predicted molar refractivity (Wildman–Crippen MR) is 89.2 cm³/mol. The molecule has 2 N–H and O–H groups in total. The molecule has 1 aromatic rings. The molecule has 1 aromatic carbocycles. The van der Waals surface area contributed by atoms with Gasteiger partial charge in [0.1, 0.15) is 0 Å². The minimum Gasteiger partial charge on any atom is -0.488 e. The third kappa shape index (κ3) is 5.53. The van der Waals surface area contributed by atoms with E-state index in [0.717, 1.165) is 12.1 Å². The van der Waals surface area contributed by atoms with Crippen LogP contribution in [0.25, 0.3) is 0 Å². The molecule has 4 nitrogen and oxygen atoms in total. The number of thiocarbonyl (C=S) groups is 1. The maximum absolute atomic E-state index is 6.14. The van der Waals surface area contributed by atoms with Gasteiger partial charge in [0.15, 0.2) is 10.9 Å². The van der Waals surface area contributed by atoms with Gasteiger partial charge in [-0.05, 0) is 50.7 Å². The van der Waals surface area contributed by atoms with E-state index in [1.54, 1.807) is 18.3 Å². The summed E-state index contributed by atoms with van der Waals surface area (Å²) in [5.74, 6) is 0.483. The number of hydrogen-bond donors (Lipinski definition) is 2. The fourth-order valence-corrected chi connectivity index (χ4v) is 2.16. The number of nitrogens with zero attached hydrogens (tertiary/aromatic N) is 1. The highest BCUT2D eigenvalue weighted by Gasteiger charge is 2.10. The number of nitrogens with one attached hydrogen (secondary N) is 2. The average Bonchev–Trinajstić information content (AvgIpc) is 2.34. The molecule has 0 spiro atoms. The van der Waals surface area contributed by atoms with Crippen molar-refractivity contribution in [3.63, 3.8) is 0 Å². The Labute approximate surface area is 134 Å². The number of hydrazone groups is 1. The Morgan fingerprint density at radius 2 is 2.00 bits per heavy atom. The molecule has 0 saturated carbocycles. The molecule has 0 aliphatic carbocycles. The highest BCUT2D eigenvalue weighted by molar-refractivity contribution is 7.80. The number of benzene rings is 1. The maximum Gasteiger partial charge on any atom is 0.186 e. The van der Waals surface area contributed by atoms with Crippen molar-refractivity contribution in [2.45, 2.75) is 26.9 Å². The summed E-state index contributed by atoms with van der Waals surface area (Å²) in [7, 11) is 0. The van der Waals surface area contributed by atoms with Crippen LogP contribution in [-0.2, 0) is 0 Å². The van der Waals surface area contributed by atoms with Gasteiger partial charge < -0.3 is 10.1 Å². The van der Waals surface area contributed by atoms with Gasteiger partial charge in [0.2, 0.25) is 0 Å². The molecule has 0 amide bonds. The van der Waals surface area contributed by atoms with Gasteiger partial charge in [0.25, 0.3) is 0 Å². The second-order valence-electron chi connectivity index (χ2n) is 4.21. The highest BCUT2D eigenvalue weighted by Crippen LogP contribution is 2.34. The quantitative estimate of drug-likeness (QED) is 0.491. The van der Waals surface area contributed by atoms with E-state index in [-0.39, 0.29) is 6.10 Å². The molecule has 0 aliphatic heterocycles. The third-order valence-corrected chi connectivity index (χ3v) is 2.89. The van der Waals surface area contributed by atoms with E-state index in [1.165, 1.54) is 0 Å². The zero-order chi connectivity index (χ0) is 15.1. The number of hydrogen-bond acceptors (Lipinski definition) is 3. The van der Waals surface area contributed by atoms with E-state index < -0.39 is 0 Å². The number of ether oxygens (including phenoxy) is 1. The molecule has 7 heteroatoms. The molecule has 0 saturated heterocycles. The van der Waals surface area contributed by atoms with Gasteiger partial charge in [-0.3, -0.25) is 5.43 Å². The second-order valence-corrected chi connectivity index (χ2v) is 5.43. The first-order valence-electron chi connectivity index (χ1n) is 6.16. The first kappa shape index (κ1) is 17.0. The molecule has 20 heavy (non-hydrogen) atoms. The Balaban J connectivity index is 2.78. The summed E-state index contributed by atoms with van der Waals surface area (Å²) in [5.41, 5.74) is 3.44. The van der Waals surface area contributed by atoms with Gasteiger partial charge in [-0.2, -0.15) is 5.10 Å². The molecule has 110 valence electrons. The van der Waals surface area contributed by atoms with Crippen molar-refractivity contribution >= 4 is 46.7 Å². The monoisotopic (exact) mass is 333 g/mol. The second kappa shape index (κ2) is 8.29. The molecule has 1 rings (SSSR count).